The van der Waals surface area contributed by atoms with Crippen LogP contribution in [0.1, 0.15) is 24.1 Å². The van der Waals surface area contributed by atoms with E-state index in [2.05, 4.69) is 21.2 Å². The molecule has 112 valence electrons. The van der Waals surface area contributed by atoms with Gasteiger partial charge in [-0.1, -0.05) is 40.5 Å². The summed E-state index contributed by atoms with van der Waals surface area (Å²) in [4.78, 5) is 0. The molecular weight excluding hydrogens is 357 g/mol. The van der Waals surface area contributed by atoms with Crippen molar-refractivity contribution in [1.82, 2.24) is 5.32 Å². The Kier molecular flexibility index (Phi) is 5.62. The lowest BCUT2D eigenvalue weighted by molar-refractivity contribution is 0.404. The molecule has 0 saturated heterocycles. The van der Waals surface area contributed by atoms with Crippen molar-refractivity contribution in [2.45, 2.75) is 13.0 Å². The summed E-state index contributed by atoms with van der Waals surface area (Å²) >= 11 is 9.68. The van der Waals surface area contributed by atoms with Gasteiger partial charge in [-0.3, -0.25) is 0 Å². The Morgan fingerprint density at radius 1 is 1.24 bits per heavy atom. The van der Waals surface area contributed by atoms with Crippen molar-refractivity contribution in [2.75, 3.05) is 13.7 Å². The summed E-state index contributed by atoms with van der Waals surface area (Å²) in [5, 5.41) is 3.76. The first-order chi connectivity index (χ1) is 10.1. The molecule has 0 aliphatic rings. The third-order valence-corrected chi connectivity index (χ3v) is 4.01. The average Bonchev–Trinajstić information content (AvgIpc) is 2.45. The van der Waals surface area contributed by atoms with E-state index in [1.165, 1.54) is 12.1 Å². The number of hydrogen-bond acceptors (Lipinski definition) is 2. The maximum Gasteiger partial charge on any atom is 0.124 e. The van der Waals surface area contributed by atoms with Gasteiger partial charge in [0, 0.05) is 15.1 Å². The smallest absolute Gasteiger partial charge is 0.124 e. The second-order valence-corrected chi connectivity index (χ2v) is 5.87. The molecule has 0 heterocycles. The quantitative estimate of drug-likeness (QED) is 0.802. The molecule has 2 rings (SSSR count). The van der Waals surface area contributed by atoms with Crippen LogP contribution in [0.3, 0.4) is 0 Å². The number of hydrogen-bond donors (Lipinski definition) is 1. The highest BCUT2D eigenvalue weighted by Crippen LogP contribution is 2.35. The summed E-state index contributed by atoms with van der Waals surface area (Å²) in [6, 6.07) is 10.0. The molecular formula is C16H16BrClFNO. The molecule has 0 aliphatic carbocycles. The summed E-state index contributed by atoms with van der Waals surface area (Å²) in [6.07, 6.45) is 0. The van der Waals surface area contributed by atoms with Crippen LogP contribution in [0.5, 0.6) is 5.75 Å². The first kappa shape index (κ1) is 16.3. The molecule has 0 fully saturated rings. The van der Waals surface area contributed by atoms with Crippen molar-refractivity contribution in [3.05, 3.63) is 62.8 Å². The SMILES string of the molecule is CCNC(c1ccc(F)cc1Cl)c1cc(Br)ccc1OC. The standard InChI is InChI=1S/C16H16BrClFNO/c1-3-20-16(12-6-5-11(19)9-14(12)18)13-8-10(17)4-7-15(13)21-2/h4-9,16,20H,3H2,1-2H3. The first-order valence-corrected chi connectivity index (χ1v) is 7.75. The molecule has 1 N–H and O–H groups in total. The molecule has 0 bridgehead atoms. The van der Waals surface area contributed by atoms with E-state index < -0.39 is 0 Å². The summed E-state index contributed by atoms with van der Waals surface area (Å²) in [5.74, 6) is 0.407. The van der Waals surface area contributed by atoms with Gasteiger partial charge in [0.2, 0.25) is 0 Å². The molecule has 0 saturated carbocycles. The lowest BCUT2D eigenvalue weighted by Gasteiger charge is -2.22. The Hall–Kier alpha value is -1.10. The minimum atomic E-state index is -0.347. The fourth-order valence-electron chi connectivity index (χ4n) is 2.26. The Labute approximate surface area is 137 Å². The largest absolute Gasteiger partial charge is 0.496 e. The zero-order valence-electron chi connectivity index (χ0n) is 11.8. The van der Waals surface area contributed by atoms with Crippen LogP contribution in [0.2, 0.25) is 5.02 Å². The van der Waals surface area contributed by atoms with Crippen LogP contribution >= 0.6 is 27.5 Å². The molecule has 0 amide bonds. The van der Waals surface area contributed by atoms with E-state index in [1.807, 2.05) is 25.1 Å². The third-order valence-electron chi connectivity index (χ3n) is 3.18. The Balaban J connectivity index is 2.55. The van der Waals surface area contributed by atoms with Crippen LogP contribution in [-0.4, -0.2) is 13.7 Å². The predicted octanol–water partition coefficient (Wildman–Crippen LogP) is 4.95. The second-order valence-electron chi connectivity index (χ2n) is 4.54. The van der Waals surface area contributed by atoms with Gasteiger partial charge in [-0.05, 0) is 42.4 Å². The predicted molar refractivity (Wildman–Crippen MR) is 87.6 cm³/mol. The molecule has 0 radical (unpaired) electrons. The van der Waals surface area contributed by atoms with Gasteiger partial charge in [-0.15, -0.1) is 0 Å². The van der Waals surface area contributed by atoms with Crippen LogP contribution in [-0.2, 0) is 0 Å². The zero-order valence-corrected chi connectivity index (χ0v) is 14.1. The van der Waals surface area contributed by atoms with E-state index in [1.54, 1.807) is 13.2 Å². The molecule has 2 nitrogen and oxygen atoms in total. The second kappa shape index (κ2) is 7.25. The van der Waals surface area contributed by atoms with Crippen LogP contribution < -0.4 is 10.1 Å². The van der Waals surface area contributed by atoms with Crippen molar-refractivity contribution >= 4 is 27.5 Å². The maximum atomic E-state index is 13.3. The van der Waals surface area contributed by atoms with Crippen LogP contribution in [0, 0.1) is 5.82 Å². The van der Waals surface area contributed by atoms with E-state index in [4.69, 9.17) is 16.3 Å². The van der Waals surface area contributed by atoms with Crippen LogP contribution in [0.25, 0.3) is 0 Å². The maximum absolute atomic E-state index is 13.3. The fraction of sp³-hybridized carbons (Fsp3) is 0.250. The van der Waals surface area contributed by atoms with Crippen LogP contribution in [0.15, 0.2) is 40.9 Å². The van der Waals surface area contributed by atoms with Gasteiger partial charge in [0.15, 0.2) is 0 Å². The molecule has 5 heteroatoms. The summed E-state index contributed by atoms with van der Waals surface area (Å²) in [7, 11) is 1.63. The van der Waals surface area contributed by atoms with Gasteiger partial charge in [-0.25, -0.2) is 4.39 Å². The molecule has 0 aromatic heterocycles. The Bertz CT molecular complexity index is 636. The molecule has 2 aromatic carbocycles. The topological polar surface area (TPSA) is 21.3 Å². The normalized spacial score (nSPS) is 12.2. The van der Waals surface area contributed by atoms with E-state index in [-0.39, 0.29) is 11.9 Å². The monoisotopic (exact) mass is 371 g/mol. The minimum Gasteiger partial charge on any atom is -0.496 e. The number of nitrogens with one attached hydrogen (secondary N) is 1. The minimum absolute atomic E-state index is 0.171. The van der Waals surface area contributed by atoms with Crippen molar-refractivity contribution in [1.29, 1.82) is 0 Å². The molecule has 1 unspecified atom stereocenters. The van der Waals surface area contributed by atoms with Crippen molar-refractivity contribution in [2.24, 2.45) is 0 Å². The highest BCUT2D eigenvalue weighted by molar-refractivity contribution is 9.10. The van der Waals surface area contributed by atoms with Gasteiger partial charge in [-0.2, -0.15) is 0 Å². The van der Waals surface area contributed by atoms with Gasteiger partial charge >= 0.3 is 0 Å². The number of rotatable bonds is 5. The first-order valence-electron chi connectivity index (χ1n) is 6.58. The molecule has 0 spiro atoms. The van der Waals surface area contributed by atoms with Gasteiger partial charge in [0.05, 0.1) is 13.2 Å². The van der Waals surface area contributed by atoms with Crippen molar-refractivity contribution in [3.63, 3.8) is 0 Å². The van der Waals surface area contributed by atoms with Crippen molar-refractivity contribution < 1.29 is 9.13 Å². The highest BCUT2D eigenvalue weighted by Gasteiger charge is 2.20. The molecule has 1 atom stereocenters. The number of methoxy groups -OCH3 is 1. The lowest BCUT2D eigenvalue weighted by atomic mass is 9.97. The molecule has 2 aromatic rings. The number of benzene rings is 2. The van der Waals surface area contributed by atoms with Crippen molar-refractivity contribution in [3.8, 4) is 5.75 Å². The third kappa shape index (κ3) is 3.76. The Morgan fingerprint density at radius 3 is 2.62 bits per heavy atom. The molecule has 0 aliphatic heterocycles. The Morgan fingerprint density at radius 2 is 2.00 bits per heavy atom. The summed E-state index contributed by atoms with van der Waals surface area (Å²) < 4.78 is 19.7. The number of ether oxygens (including phenoxy) is 1. The summed E-state index contributed by atoms with van der Waals surface area (Å²) in [6.45, 7) is 2.75. The van der Waals surface area contributed by atoms with Gasteiger partial charge in [0.25, 0.3) is 0 Å². The average molecular weight is 373 g/mol. The lowest BCUT2D eigenvalue weighted by Crippen LogP contribution is -2.23. The van der Waals surface area contributed by atoms with E-state index in [0.29, 0.717) is 5.02 Å². The van der Waals surface area contributed by atoms with E-state index >= 15 is 0 Å². The van der Waals surface area contributed by atoms with Gasteiger partial charge < -0.3 is 10.1 Å². The van der Waals surface area contributed by atoms with Crippen LogP contribution in [0.4, 0.5) is 4.39 Å². The zero-order chi connectivity index (χ0) is 15.4. The summed E-state index contributed by atoms with van der Waals surface area (Å²) in [5.41, 5.74) is 1.76. The van der Waals surface area contributed by atoms with Gasteiger partial charge in [0.1, 0.15) is 11.6 Å². The number of halogens is 3. The van der Waals surface area contributed by atoms with E-state index in [0.717, 1.165) is 27.9 Å². The highest BCUT2D eigenvalue weighted by atomic mass is 79.9. The van der Waals surface area contributed by atoms with E-state index in [9.17, 15) is 4.39 Å². The molecule has 21 heavy (non-hydrogen) atoms. The fourth-order valence-corrected chi connectivity index (χ4v) is 2.91.